The summed E-state index contributed by atoms with van der Waals surface area (Å²) in [7, 11) is 0. The molecule has 0 saturated heterocycles. The molecule has 0 bridgehead atoms. The summed E-state index contributed by atoms with van der Waals surface area (Å²) >= 11 is 1.29. The van der Waals surface area contributed by atoms with Crippen molar-refractivity contribution in [2.75, 3.05) is 11.9 Å². The quantitative estimate of drug-likeness (QED) is 0.693. The Morgan fingerprint density at radius 1 is 1.12 bits per heavy atom. The van der Waals surface area contributed by atoms with Gasteiger partial charge in [-0.15, -0.1) is 11.3 Å². The fourth-order valence-electron chi connectivity index (χ4n) is 2.08. The minimum absolute atomic E-state index is 0.0536. The van der Waals surface area contributed by atoms with Crippen molar-refractivity contribution in [2.24, 2.45) is 0 Å². The molecule has 0 saturated carbocycles. The van der Waals surface area contributed by atoms with Gasteiger partial charge < -0.3 is 16.0 Å². The molecule has 3 amide bonds. The molecule has 0 unspecified atom stereocenters. The van der Waals surface area contributed by atoms with Crippen LogP contribution in [0.25, 0.3) is 0 Å². The van der Waals surface area contributed by atoms with Gasteiger partial charge in [0, 0.05) is 18.7 Å². The normalized spacial score (nSPS) is 10.9. The second kappa shape index (κ2) is 8.57. The standard InChI is InChI=1S/C18H20FN3O3S/c1-18(2,22-16(24)14-4-3-11-26-14)17(25)20-10-9-15(23)21-13-7-5-12(19)6-8-13/h3-8,11H,9-10H2,1-2H3,(H,20,25)(H,21,23)(H,22,24). The number of hydrogen-bond donors (Lipinski definition) is 3. The van der Waals surface area contributed by atoms with Gasteiger partial charge in [-0.1, -0.05) is 6.07 Å². The monoisotopic (exact) mass is 377 g/mol. The summed E-state index contributed by atoms with van der Waals surface area (Å²) in [5, 5.41) is 9.68. The SMILES string of the molecule is CC(C)(NC(=O)c1cccs1)C(=O)NCCC(=O)Nc1ccc(F)cc1. The average Bonchev–Trinajstić information content (AvgIpc) is 3.11. The van der Waals surface area contributed by atoms with Crippen LogP contribution < -0.4 is 16.0 Å². The third kappa shape index (κ3) is 5.66. The van der Waals surface area contributed by atoms with E-state index in [0.717, 1.165) is 0 Å². The fraction of sp³-hybridized carbons (Fsp3) is 0.278. The molecule has 138 valence electrons. The van der Waals surface area contributed by atoms with Gasteiger partial charge in [-0.05, 0) is 49.6 Å². The van der Waals surface area contributed by atoms with Gasteiger partial charge in [-0.25, -0.2) is 4.39 Å². The maximum Gasteiger partial charge on any atom is 0.262 e. The summed E-state index contributed by atoms with van der Waals surface area (Å²) in [4.78, 5) is 36.7. The molecule has 0 aliphatic rings. The highest BCUT2D eigenvalue weighted by atomic mass is 32.1. The number of rotatable bonds is 7. The van der Waals surface area contributed by atoms with E-state index < -0.39 is 11.4 Å². The van der Waals surface area contributed by atoms with Gasteiger partial charge >= 0.3 is 0 Å². The highest BCUT2D eigenvalue weighted by molar-refractivity contribution is 7.12. The summed E-state index contributed by atoms with van der Waals surface area (Å²) in [5.74, 6) is -1.41. The van der Waals surface area contributed by atoms with E-state index in [1.807, 2.05) is 0 Å². The Kier molecular flexibility index (Phi) is 6.46. The molecular formula is C18H20FN3O3S. The molecule has 0 aliphatic heterocycles. The zero-order chi connectivity index (χ0) is 19.2. The van der Waals surface area contributed by atoms with Gasteiger partial charge in [0.05, 0.1) is 4.88 Å². The van der Waals surface area contributed by atoms with Crippen molar-refractivity contribution < 1.29 is 18.8 Å². The maximum absolute atomic E-state index is 12.8. The van der Waals surface area contributed by atoms with Gasteiger partial charge in [0.25, 0.3) is 5.91 Å². The Hall–Kier alpha value is -2.74. The van der Waals surface area contributed by atoms with E-state index >= 15 is 0 Å². The van der Waals surface area contributed by atoms with Crippen LogP contribution in [0.1, 0.15) is 29.9 Å². The molecule has 2 rings (SSSR count). The predicted octanol–water partition coefficient (Wildman–Crippen LogP) is 2.54. The van der Waals surface area contributed by atoms with Crippen molar-refractivity contribution in [1.29, 1.82) is 0 Å². The number of carbonyl (C=O) groups is 3. The first-order chi connectivity index (χ1) is 12.3. The van der Waals surface area contributed by atoms with Crippen molar-refractivity contribution >= 4 is 34.7 Å². The lowest BCUT2D eigenvalue weighted by Crippen LogP contribution is -2.54. The van der Waals surface area contributed by atoms with Crippen LogP contribution in [0.3, 0.4) is 0 Å². The second-order valence-corrected chi connectivity index (χ2v) is 7.07. The Morgan fingerprint density at radius 2 is 1.81 bits per heavy atom. The Labute approximate surface area is 154 Å². The van der Waals surface area contributed by atoms with E-state index in [-0.39, 0.29) is 30.6 Å². The molecule has 0 radical (unpaired) electrons. The van der Waals surface area contributed by atoms with Crippen LogP contribution >= 0.6 is 11.3 Å². The highest BCUT2D eigenvalue weighted by Gasteiger charge is 2.29. The van der Waals surface area contributed by atoms with Crippen LogP contribution in [-0.2, 0) is 9.59 Å². The van der Waals surface area contributed by atoms with Crippen molar-refractivity contribution in [3.8, 4) is 0 Å². The summed E-state index contributed by atoms with van der Waals surface area (Å²) < 4.78 is 12.8. The molecule has 26 heavy (non-hydrogen) atoms. The zero-order valence-corrected chi connectivity index (χ0v) is 15.3. The maximum atomic E-state index is 12.8. The number of carbonyl (C=O) groups excluding carboxylic acids is 3. The molecule has 8 heteroatoms. The first kappa shape index (κ1) is 19.6. The summed E-state index contributed by atoms with van der Waals surface area (Å²) in [6, 6.07) is 8.83. The molecule has 0 aliphatic carbocycles. The molecular weight excluding hydrogens is 357 g/mol. The van der Waals surface area contributed by atoms with Crippen LogP contribution in [0.15, 0.2) is 41.8 Å². The zero-order valence-electron chi connectivity index (χ0n) is 14.5. The van der Waals surface area contributed by atoms with Gasteiger partial charge in [0.15, 0.2) is 0 Å². The number of hydrogen-bond acceptors (Lipinski definition) is 4. The molecule has 6 nitrogen and oxygen atoms in total. The minimum atomic E-state index is -1.12. The molecule has 0 atom stereocenters. The lowest BCUT2D eigenvalue weighted by Gasteiger charge is -2.24. The summed E-state index contributed by atoms with van der Waals surface area (Å²) in [5.41, 5.74) is -0.639. The Morgan fingerprint density at radius 3 is 2.42 bits per heavy atom. The third-order valence-electron chi connectivity index (χ3n) is 3.50. The smallest absolute Gasteiger partial charge is 0.262 e. The number of amides is 3. The second-order valence-electron chi connectivity index (χ2n) is 6.12. The summed E-state index contributed by atoms with van der Waals surface area (Å²) in [6.45, 7) is 3.29. The molecule has 1 aromatic heterocycles. The van der Waals surface area contributed by atoms with E-state index in [9.17, 15) is 18.8 Å². The van der Waals surface area contributed by atoms with Gasteiger partial charge in [0.1, 0.15) is 11.4 Å². The van der Waals surface area contributed by atoms with E-state index in [1.165, 1.54) is 35.6 Å². The van der Waals surface area contributed by atoms with Gasteiger partial charge in [0.2, 0.25) is 11.8 Å². The van der Waals surface area contributed by atoms with E-state index in [4.69, 9.17) is 0 Å². The molecule has 3 N–H and O–H groups in total. The van der Waals surface area contributed by atoms with Crippen LogP contribution in [0.4, 0.5) is 10.1 Å². The van der Waals surface area contributed by atoms with Crippen molar-refractivity contribution in [2.45, 2.75) is 25.8 Å². The van der Waals surface area contributed by atoms with Crippen molar-refractivity contribution in [3.63, 3.8) is 0 Å². The number of thiophene rings is 1. The first-order valence-electron chi connectivity index (χ1n) is 7.97. The third-order valence-corrected chi connectivity index (χ3v) is 4.37. The number of anilines is 1. The van der Waals surface area contributed by atoms with Crippen molar-refractivity contribution in [3.05, 3.63) is 52.5 Å². The number of nitrogens with one attached hydrogen (secondary N) is 3. The van der Waals surface area contributed by atoms with Crippen molar-refractivity contribution in [1.82, 2.24) is 10.6 Å². The average molecular weight is 377 g/mol. The van der Waals surface area contributed by atoms with Gasteiger partial charge in [-0.3, -0.25) is 14.4 Å². The van der Waals surface area contributed by atoms with Crippen LogP contribution in [0, 0.1) is 5.82 Å². The van der Waals surface area contributed by atoms with Gasteiger partial charge in [-0.2, -0.15) is 0 Å². The topological polar surface area (TPSA) is 87.3 Å². The minimum Gasteiger partial charge on any atom is -0.354 e. The number of benzene rings is 1. The lowest BCUT2D eigenvalue weighted by molar-refractivity contribution is -0.126. The predicted molar refractivity (Wildman–Crippen MR) is 98.5 cm³/mol. The molecule has 0 spiro atoms. The van der Waals surface area contributed by atoms with E-state index in [0.29, 0.717) is 10.6 Å². The first-order valence-corrected chi connectivity index (χ1v) is 8.85. The Bertz CT molecular complexity index is 773. The Balaban J connectivity index is 1.77. The largest absolute Gasteiger partial charge is 0.354 e. The van der Waals surface area contributed by atoms with E-state index in [2.05, 4.69) is 16.0 Å². The molecule has 1 heterocycles. The summed E-state index contributed by atoms with van der Waals surface area (Å²) in [6.07, 6.45) is 0.0536. The molecule has 0 fully saturated rings. The van der Waals surface area contributed by atoms with E-state index in [1.54, 1.807) is 31.4 Å². The van der Waals surface area contributed by atoms with Crippen LogP contribution in [0.2, 0.25) is 0 Å². The lowest BCUT2D eigenvalue weighted by atomic mass is 10.0. The molecule has 2 aromatic rings. The fourth-order valence-corrected chi connectivity index (χ4v) is 2.70. The van der Waals surface area contributed by atoms with Crippen LogP contribution in [0.5, 0.6) is 0 Å². The number of halogens is 1. The molecule has 1 aromatic carbocycles. The highest BCUT2D eigenvalue weighted by Crippen LogP contribution is 2.11. The van der Waals surface area contributed by atoms with Crippen LogP contribution in [-0.4, -0.2) is 29.8 Å².